The number of Topliss-reactive ketones (excluding diaryl/α,β-unsaturated/α-hetero) is 1. The molecule has 2 rings (SSSR count). The molecule has 3 nitrogen and oxygen atoms in total. The first kappa shape index (κ1) is 15.7. The van der Waals surface area contributed by atoms with Crippen LogP contribution >= 0.6 is 38.9 Å². The average Bonchev–Trinajstić information content (AvgIpc) is 2.92. The molecule has 0 unspecified atom stereocenters. The van der Waals surface area contributed by atoms with Gasteiger partial charge in [0.15, 0.2) is 5.78 Å². The van der Waals surface area contributed by atoms with Crippen molar-refractivity contribution in [2.24, 2.45) is 0 Å². The normalized spacial score (nSPS) is 11.1. The lowest BCUT2D eigenvalue weighted by Gasteiger charge is -2.04. The van der Waals surface area contributed by atoms with Gasteiger partial charge in [-0.3, -0.25) is 9.48 Å². The maximum Gasteiger partial charge on any atom is 0.180 e. The lowest BCUT2D eigenvalue weighted by atomic mass is 10.1. The molecular formula is C14H16BrClN2OS. The summed E-state index contributed by atoms with van der Waals surface area (Å²) in [7, 11) is 0. The fourth-order valence-electron chi connectivity index (χ4n) is 2.04. The largest absolute Gasteiger partial charge is 0.293 e. The van der Waals surface area contributed by atoms with Gasteiger partial charge in [0, 0.05) is 6.54 Å². The molecule has 0 fully saturated rings. The van der Waals surface area contributed by atoms with E-state index in [9.17, 15) is 4.79 Å². The molecule has 108 valence electrons. The van der Waals surface area contributed by atoms with Gasteiger partial charge in [0.2, 0.25) is 0 Å². The number of rotatable bonds is 5. The van der Waals surface area contributed by atoms with E-state index in [2.05, 4.69) is 28.0 Å². The van der Waals surface area contributed by atoms with Gasteiger partial charge in [0.1, 0.15) is 0 Å². The Bertz CT molecular complexity index is 648. The molecule has 0 saturated heterocycles. The fraction of sp³-hybridized carbons (Fsp3) is 0.429. The molecule has 0 atom stereocenters. The third-order valence-corrected chi connectivity index (χ3v) is 5.83. The van der Waals surface area contributed by atoms with Crippen LogP contribution in [0.4, 0.5) is 0 Å². The van der Waals surface area contributed by atoms with Gasteiger partial charge in [-0.15, -0.1) is 11.3 Å². The predicted molar refractivity (Wildman–Crippen MR) is 87.1 cm³/mol. The Kier molecular flexibility index (Phi) is 5.04. The Morgan fingerprint density at radius 1 is 1.50 bits per heavy atom. The molecule has 0 aromatic carbocycles. The van der Waals surface area contributed by atoms with Gasteiger partial charge < -0.3 is 0 Å². The topological polar surface area (TPSA) is 34.9 Å². The maximum absolute atomic E-state index is 12.4. The Morgan fingerprint density at radius 2 is 2.20 bits per heavy atom. The highest BCUT2D eigenvalue weighted by Crippen LogP contribution is 2.30. The number of nitrogens with zero attached hydrogens (tertiary/aromatic N) is 2. The molecule has 2 heterocycles. The van der Waals surface area contributed by atoms with E-state index >= 15 is 0 Å². The summed E-state index contributed by atoms with van der Waals surface area (Å²) in [6.45, 7) is 6.74. The molecule has 0 aliphatic rings. The second-order valence-corrected chi connectivity index (χ2v) is 6.59. The Hall–Kier alpha value is -0.650. The van der Waals surface area contributed by atoms with Crippen LogP contribution in [0, 0.1) is 6.92 Å². The van der Waals surface area contributed by atoms with Gasteiger partial charge >= 0.3 is 0 Å². The van der Waals surface area contributed by atoms with Crippen molar-refractivity contribution in [3.05, 3.63) is 36.7 Å². The van der Waals surface area contributed by atoms with Gasteiger partial charge in [0.25, 0.3) is 0 Å². The van der Waals surface area contributed by atoms with Crippen molar-refractivity contribution in [3.63, 3.8) is 0 Å². The first-order valence-corrected chi connectivity index (χ1v) is 8.55. The molecule has 0 spiro atoms. The van der Waals surface area contributed by atoms with Crippen molar-refractivity contribution >= 4 is 44.7 Å². The third-order valence-electron chi connectivity index (χ3n) is 3.17. The highest BCUT2D eigenvalue weighted by atomic mass is 79.9. The van der Waals surface area contributed by atoms with E-state index in [1.165, 1.54) is 11.3 Å². The Labute approximate surface area is 136 Å². The van der Waals surface area contributed by atoms with Crippen LogP contribution < -0.4 is 0 Å². The predicted octanol–water partition coefficient (Wildman–Crippen LogP) is 4.68. The summed E-state index contributed by atoms with van der Waals surface area (Å²) in [5.74, 6) is 0.0473. The van der Waals surface area contributed by atoms with Crippen molar-refractivity contribution in [2.75, 3.05) is 0 Å². The van der Waals surface area contributed by atoms with Gasteiger partial charge in [-0.1, -0.05) is 18.5 Å². The van der Waals surface area contributed by atoms with E-state index in [0.29, 0.717) is 16.3 Å². The number of aromatic nitrogens is 2. The minimum atomic E-state index is 0.0473. The lowest BCUT2D eigenvalue weighted by Crippen LogP contribution is -2.09. The number of hydrogen-bond acceptors (Lipinski definition) is 3. The Balaban J connectivity index is 2.32. The van der Waals surface area contributed by atoms with Crippen LogP contribution in [-0.4, -0.2) is 15.6 Å². The van der Waals surface area contributed by atoms with E-state index in [4.69, 9.17) is 11.6 Å². The van der Waals surface area contributed by atoms with Crippen molar-refractivity contribution < 1.29 is 4.79 Å². The molecule has 0 amide bonds. The van der Waals surface area contributed by atoms with Crippen LogP contribution in [0.1, 0.15) is 40.5 Å². The van der Waals surface area contributed by atoms with Gasteiger partial charge in [-0.05, 0) is 47.1 Å². The summed E-state index contributed by atoms with van der Waals surface area (Å²) in [5.41, 5.74) is 2.87. The summed E-state index contributed by atoms with van der Waals surface area (Å²) in [6, 6.07) is 0. The van der Waals surface area contributed by atoms with E-state index in [1.54, 1.807) is 0 Å². The lowest BCUT2D eigenvalue weighted by molar-refractivity contribution is 0.0994. The van der Waals surface area contributed by atoms with Crippen LogP contribution in [0.2, 0.25) is 5.02 Å². The number of hydrogen-bond donors (Lipinski definition) is 0. The monoisotopic (exact) mass is 374 g/mol. The number of ketones is 1. The summed E-state index contributed by atoms with van der Waals surface area (Å²) >= 11 is 11.1. The van der Waals surface area contributed by atoms with Crippen LogP contribution in [-0.2, 0) is 19.4 Å². The molecule has 0 saturated carbocycles. The van der Waals surface area contributed by atoms with E-state index < -0.39 is 0 Å². The second kappa shape index (κ2) is 6.41. The van der Waals surface area contributed by atoms with E-state index in [1.807, 2.05) is 23.9 Å². The van der Waals surface area contributed by atoms with Crippen molar-refractivity contribution in [1.29, 1.82) is 0 Å². The quantitative estimate of drug-likeness (QED) is 0.711. The zero-order chi connectivity index (χ0) is 14.9. The first-order chi connectivity index (χ1) is 9.49. The zero-order valence-corrected chi connectivity index (χ0v) is 14.8. The molecule has 0 radical (unpaired) electrons. The number of carbonyl (C=O) groups excluding carboxylic acids is 1. The van der Waals surface area contributed by atoms with E-state index in [0.717, 1.165) is 34.4 Å². The molecule has 2 aromatic heterocycles. The zero-order valence-electron chi connectivity index (χ0n) is 11.7. The van der Waals surface area contributed by atoms with Crippen LogP contribution in [0.25, 0.3) is 0 Å². The summed E-state index contributed by atoms with van der Waals surface area (Å²) in [5, 5.41) is 7.00. The molecule has 0 aliphatic carbocycles. The van der Waals surface area contributed by atoms with Crippen LogP contribution in [0.5, 0.6) is 0 Å². The average molecular weight is 376 g/mol. The second-order valence-electron chi connectivity index (χ2n) is 4.54. The summed E-state index contributed by atoms with van der Waals surface area (Å²) in [4.78, 5) is 13.1. The molecular weight excluding hydrogens is 360 g/mol. The maximum atomic E-state index is 12.4. The SMILES string of the molecule is CCc1nn(CC)c(CC(=O)c2scc(C)c2Cl)c1Br. The highest BCUT2D eigenvalue weighted by Gasteiger charge is 2.20. The smallest absolute Gasteiger partial charge is 0.180 e. The molecule has 0 N–H and O–H groups in total. The van der Waals surface area contributed by atoms with Gasteiger partial charge in [0.05, 0.1) is 32.2 Å². The molecule has 0 bridgehead atoms. The van der Waals surface area contributed by atoms with Crippen molar-refractivity contribution in [2.45, 2.75) is 40.2 Å². The molecule has 2 aromatic rings. The summed E-state index contributed by atoms with van der Waals surface area (Å²) < 4.78 is 2.83. The minimum absolute atomic E-state index is 0.0473. The third kappa shape index (κ3) is 2.85. The number of halogens is 2. The van der Waals surface area contributed by atoms with E-state index in [-0.39, 0.29) is 5.78 Å². The first-order valence-electron chi connectivity index (χ1n) is 6.50. The number of thiophene rings is 1. The summed E-state index contributed by atoms with van der Waals surface area (Å²) in [6.07, 6.45) is 1.16. The van der Waals surface area contributed by atoms with Crippen molar-refractivity contribution in [3.8, 4) is 0 Å². The standard InChI is InChI=1S/C14H16BrClN2OS/c1-4-9-12(15)10(18(5-2)17-9)6-11(19)14-13(16)8(3)7-20-14/h7H,4-6H2,1-3H3. The minimum Gasteiger partial charge on any atom is -0.293 e. The van der Waals surface area contributed by atoms with Crippen LogP contribution in [0.15, 0.2) is 9.85 Å². The van der Waals surface area contributed by atoms with Crippen LogP contribution in [0.3, 0.4) is 0 Å². The van der Waals surface area contributed by atoms with Gasteiger partial charge in [-0.2, -0.15) is 5.10 Å². The van der Waals surface area contributed by atoms with Crippen molar-refractivity contribution in [1.82, 2.24) is 9.78 Å². The molecule has 0 aliphatic heterocycles. The molecule has 20 heavy (non-hydrogen) atoms. The molecule has 6 heteroatoms. The number of aryl methyl sites for hydroxylation is 3. The van der Waals surface area contributed by atoms with Gasteiger partial charge in [-0.25, -0.2) is 0 Å². The fourth-order valence-corrected chi connectivity index (χ4v) is 3.98. The number of carbonyl (C=O) groups is 1. The highest BCUT2D eigenvalue weighted by molar-refractivity contribution is 9.10. The Morgan fingerprint density at radius 3 is 2.70 bits per heavy atom.